The molecule has 0 amide bonds. The van der Waals surface area contributed by atoms with Crippen LogP contribution in [-0.4, -0.2) is 63.3 Å². The number of rotatable bonds is 12. The summed E-state index contributed by atoms with van der Waals surface area (Å²) in [6.07, 6.45) is 3.15. The minimum atomic E-state index is -6.07. The number of allylic oxidation sites excluding steroid dienone is 4. The van der Waals surface area contributed by atoms with Crippen molar-refractivity contribution in [2.24, 2.45) is 4.99 Å². The fourth-order valence-electron chi connectivity index (χ4n) is 5.57. The Hall–Kier alpha value is -2.67. The van der Waals surface area contributed by atoms with Gasteiger partial charge in [-0.1, -0.05) is 37.0 Å². The van der Waals surface area contributed by atoms with Crippen molar-refractivity contribution in [2.75, 3.05) is 12.3 Å². The number of carbonyl (C=O) groups is 1. The van der Waals surface area contributed by atoms with Gasteiger partial charge in [0.15, 0.2) is 11.5 Å². The van der Waals surface area contributed by atoms with E-state index >= 15 is 0 Å². The number of anilines is 1. The van der Waals surface area contributed by atoms with Crippen LogP contribution in [0.1, 0.15) is 38.5 Å². The minimum absolute atomic E-state index is 0.143. The molecule has 21 nitrogen and oxygen atoms in total. The van der Waals surface area contributed by atoms with E-state index in [1.165, 1.54) is 30.9 Å². The van der Waals surface area contributed by atoms with E-state index in [0.29, 0.717) is 40.1 Å². The summed E-state index contributed by atoms with van der Waals surface area (Å²) in [7, 11) is -23.3. The lowest BCUT2D eigenvalue weighted by molar-refractivity contribution is -0.111. The predicted molar refractivity (Wildman–Crippen MR) is 180 cm³/mol. The van der Waals surface area contributed by atoms with Crippen molar-refractivity contribution in [1.29, 1.82) is 0 Å². The quantitative estimate of drug-likeness (QED) is 0.116. The van der Waals surface area contributed by atoms with Crippen molar-refractivity contribution in [3.05, 3.63) is 58.1 Å². The number of ether oxygens (including phenoxy) is 1. The number of Topliss-reactive ketones (excluding diaryl/α,β-unsaturated/α-hetero) is 1. The van der Waals surface area contributed by atoms with Gasteiger partial charge in [0.2, 0.25) is 5.78 Å². The number of nitrogen functional groups attached to an aromatic ring is 1. The Labute approximate surface area is 302 Å². The second kappa shape index (κ2) is 13.9. The molecule has 1 saturated heterocycles. The van der Waals surface area contributed by atoms with Gasteiger partial charge in [-0.25, -0.2) is 38.2 Å². The molecule has 0 spiro atoms. The fraction of sp³-hybridized carbons (Fsp3) is 0.320. The van der Waals surface area contributed by atoms with Gasteiger partial charge < -0.3 is 29.7 Å². The Morgan fingerprint density at radius 3 is 2.37 bits per heavy atom. The van der Waals surface area contributed by atoms with Gasteiger partial charge in [-0.15, -0.1) is 0 Å². The normalized spacial score (nSPS) is 24.5. The maximum Gasteiger partial charge on any atom is 0.536 e. The van der Waals surface area contributed by atoms with Gasteiger partial charge in [-0.05, 0) is 42.7 Å². The minimum Gasteiger partial charge on any atom is -0.404 e. The second-order valence-electron chi connectivity index (χ2n) is 11.7. The molecule has 280 valence electrons. The van der Waals surface area contributed by atoms with E-state index in [2.05, 4.69) is 32.9 Å². The number of imidazole rings is 1. The van der Waals surface area contributed by atoms with Crippen LogP contribution in [0.5, 0.6) is 5.75 Å². The lowest BCUT2D eigenvalue weighted by Gasteiger charge is -2.36. The van der Waals surface area contributed by atoms with Crippen LogP contribution in [0.25, 0.3) is 11.2 Å². The van der Waals surface area contributed by atoms with Gasteiger partial charge in [-0.3, -0.25) is 18.8 Å². The van der Waals surface area contributed by atoms with Gasteiger partial charge in [-0.2, -0.15) is 12.9 Å². The Balaban J connectivity index is 1.06. The van der Waals surface area contributed by atoms with Crippen molar-refractivity contribution in [3.8, 4) is 5.75 Å². The first kappa shape index (κ1) is 39.0. The van der Waals surface area contributed by atoms with Gasteiger partial charge in [0, 0.05) is 11.0 Å². The maximum absolute atomic E-state index is 12.7. The first-order valence-electron chi connectivity index (χ1n) is 14.5. The predicted octanol–water partition coefficient (Wildman–Crippen LogP) is 5.20. The zero-order valence-electron chi connectivity index (χ0n) is 26.4. The number of aromatic nitrogens is 4. The van der Waals surface area contributed by atoms with Crippen LogP contribution in [-0.2, 0) is 50.7 Å². The highest BCUT2D eigenvalue weighted by Gasteiger charge is 2.47. The summed E-state index contributed by atoms with van der Waals surface area (Å²) in [4.78, 5) is 69.1. The van der Waals surface area contributed by atoms with Crippen LogP contribution >= 0.6 is 54.5 Å². The third-order valence-electron chi connectivity index (χ3n) is 7.71. The molecule has 0 radical (unpaired) electrons. The molecule has 27 heteroatoms. The number of nitrogens with two attached hydrogens (primary N) is 1. The number of carbonyl (C=O) groups excluding carboxylic acids is 1. The molecule has 3 aromatic rings. The summed E-state index contributed by atoms with van der Waals surface area (Å²) in [5.41, 5.74) is 6.73. The number of benzene rings is 1. The molecule has 0 bridgehead atoms. The van der Waals surface area contributed by atoms with Crippen LogP contribution in [0.2, 0.25) is 0 Å². The third kappa shape index (κ3) is 8.20. The standard InChI is InChI=1S/C25H26Cl2N6O15P4/c1-25(2)14-7-12(3-5-16(14)32-17-8-15(26)22(34)20(27)19(17)25)45-50(37,38)47-52(41,42)48-51(39,40)46-49(35,36)43-9-13-4-6-18(44-13)33-11-31-21-23(28)29-10-30-24(21)33/h3,5,7-8,10-11,13,18H,4,6,9H2,1-2H3,(H,35,36)(H,37,38)(H,39,40)(H,41,42)(H2,28,29,30)/t13-,18+/m0/s1. The van der Waals surface area contributed by atoms with Crippen molar-refractivity contribution >= 4 is 88.7 Å². The van der Waals surface area contributed by atoms with Crippen LogP contribution in [0, 0.1) is 0 Å². The van der Waals surface area contributed by atoms with Crippen molar-refractivity contribution in [3.63, 3.8) is 0 Å². The lowest BCUT2D eigenvalue weighted by Crippen LogP contribution is -2.32. The molecule has 1 aliphatic carbocycles. The number of phosphoric ester groups is 2. The molecule has 6 atom stereocenters. The molecule has 4 heterocycles. The molecule has 2 aliphatic heterocycles. The summed E-state index contributed by atoms with van der Waals surface area (Å²) in [5.74, 6) is -0.916. The number of fused-ring (bicyclic) bond motifs is 3. The van der Waals surface area contributed by atoms with Crippen LogP contribution < -0.4 is 10.3 Å². The number of phosphoric acid groups is 4. The molecule has 6 rings (SSSR count). The number of aliphatic imine (C=N–C) groups is 1. The summed E-state index contributed by atoms with van der Waals surface area (Å²) >= 11 is 12.3. The summed E-state index contributed by atoms with van der Waals surface area (Å²) in [5, 5.41) is -0.345. The van der Waals surface area contributed by atoms with E-state index in [4.69, 9.17) is 42.7 Å². The lowest BCUT2D eigenvalue weighted by atomic mass is 9.71. The molecule has 6 N–H and O–H groups in total. The topological polar surface area (TPSA) is 304 Å². The van der Waals surface area contributed by atoms with Crippen molar-refractivity contribution in [2.45, 2.75) is 44.4 Å². The summed E-state index contributed by atoms with van der Waals surface area (Å²) < 4.78 is 79.1. The molecular weight excluding hydrogens is 819 g/mol. The van der Waals surface area contributed by atoms with Gasteiger partial charge in [0.25, 0.3) is 0 Å². The van der Waals surface area contributed by atoms with E-state index in [0.717, 1.165) is 6.07 Å². The second-order valence-corrected chi connectivity index (χ2v) is 18.6. The highest BCUT2D eigenvalue weighted by Crippen LogP contribution is 2.71. The van der Waals surface area contributed by atoms with Gasteiger partial charge in [0.1, 0.15) is 23.8 Å². The molecule has 1 aromatic carbocycles. The number of hydrogen-bond acceptors (Lipinski definition) is 16. The van der Waals surface area contributed by atoms with E-state index < -0.39 is 67.2 Å². The molecule has 0 saturated carbocycles. The fourth-order valence-corrected chi connectivity index (χ4v) is 11.2. The van der Waals surface area contributed by atoms with E-state index in [9.17, 15) is 42.6 Å². The monoisotopic (exact) mass is 844 g/mol. The summed E-state index contributed by atoms with van der Waals surface area (Å²) in [6, 6.07) is 3.71. The first-order valence-corrected chi connectivity index (χ1v) is 21.2. The number of halogens is 2. The number of hydrogen-bond donors (Lipinski definition) is 5. The van der Waals surface area contributed by atoms with Crippen LogP contribution in [0.3, 0.4) is 0 Å². The Morgan fingerprint density at radius 1 is 0.981 bits per heavy atom. The molecule has 2 aromatic heterocycles. The largest absolute Gasteiger partial charge is 0.536 e. The number of nitrogens with zero attached hydrogens (tertiary/aromatic N) is 5. The molecule has 3 aliphatic rings. The first-order chi connectivity index (χ1) is 24.1. The summed E-state index contributed by atoms with van der Waals surface area (Å²) in [6.45, 7) is 2.68. The molecular formula is C25H26Cl2N6O15P4. The molecule has 4 unspecified atom stereocenters. The Kier molecular flexibility index (Phi) is 10.4. The van der Waals surface area contributed by atoms with E-state index in [-0.39, 0.29) is 22.3 Å². The van der Waals surface area contributed by atoms with Crippen LogP contribution in [0.4, 0.5) is 11.5 Å². The van der Waals surface area contributed by atoms with Crippen molar-refractivity contribution in [1.82, 2.24) is 19.5 Å². The van der Waals surface area contributed by atoms with Crippen LogP contribution in [0.15, 0.2) is 57.6 Å². The molecule has 1 fully saturated rings. The Morgan fingerprint density at radius 2 is 1.65 bits per heavy atom. The number of ketones is 1. The zero-order chi connectivity index (χ0) is 38.0. The van der Waals surface area contributed by atoms with Gasteiger partial charge in [0.05, 0.1) is 40.5 Å². The van der Waals surface area contributed by atoms with E-state index in [1.54, 1.807) is 18.4 Å². The van der Waals surface area contributed by atoms with E-state index in [1.807, 2.05) is 0 Å². The average Bonchev–Trinajstić information content (AvgIpc) is 3.65. The highest BCUT2D eigenvalue weighted by atomic mass is 35.5. The smallest absolute Gasteiger partial charge is 0.404 e. The van der Waals surface area contributed by atoms with Crippen molar-refractivity contribution < 1.29 is 69.3 Å². The highest BCUT2D eigenvalue weighted by molar-refractivity contribution is 7.69. The Bertz CT molecular complexity index is 2300. The molecule has 52 heavy (non-hydrogen) atoms. The maximum atomic E-state index is 12.7. The third-order valence-corrected chi connectivity index (χ3v) is 14.2. The SMILES string of the molecule is CC1(C)C2=C(Cl)C(=O)C(Cl)=CC2=Nc2ccc(OP(=O)(O)OP(=O)(O)OP(=O)(O)OP(=O)(O)OC[C@@H]3CC[C@H](n4cnc5c(N)ncnc54)O3)cc21. The van der Waals surface area contributed by atoms with Gasteiger partial charge >= 0.3 is 31.3 Å². The average molecular weight is 845 g/mol. The zero-order valence-corrected chi connectivity index (χ0v) is 31.5.